The van der Waals surface area contributed by atoms with Crippen LogP contribution in [0.2, 0.25) is 0 Å². The van der Waals surface area contributed by atoms with Gasteiger partial charge in [0.05, 0.1) is 0 Å². The maximum atomic E-state index is 13.2. The van der Waals surface area contributed by atoms with Gasteiger partial charge in [0.2, 0.25) is 0 Å². The molecule has 0 radical (unpaired) electrons. The molecule has 2 nitrogen and oxygen atoms in total. The number of anilines is 1. The van der Waals surface area contributed by atoms with Crippen LogP contribution in [0.4, 0.5) is 10.1 Å². The van der Waals surface area contributed by atoms with Gasteiger partial charge in [-0.15, -0.1) is 0 Å². The highest BCUT2D eigenvalue weighted by Crippen LogP contribution is 2.26. The summed E-state index contributed by atoms with van der Waals surface area (Å²) in [5.74, 6) is -0.242. The summed E-state index contributed by atoms with van der Waals surface area (Å²) in [5.41, 5.74) is 6.08. The Labute approximate surface area is 74.4 Å². The van der Waals surface area contributed by atoms with Crippen LogP contribution < -0.4 is 5.73 Å². The zero-order valence-corrected chi connectivity index (χ0v) is 6.79. The van der Waals surface area contributed by atoms with Crippen LogP contribution >= 0.6 is 0 Å². The van der Waals surface area contributed by atoms with Crippen molar-refractivity contribution in [3.63, 3.8) is 0 Å². The van der Waals surface area contributed by atoms with Crippen LogP contribution in [-0.2, 0) is 0 Å². The lowest BCUT2D eigenvalue weighted by atomic mass is 10.1. The van der Waals surface area contributed by atoms with Gasteiger partial charge in [-0.2, -0.15) is 0 Å². The highest BCUT2D eigenvalue weighted by molar-refractivity contribution is 5.94. The van der Waals surface area contributed by atoms with E-state index in [0.717, 1.165) is 0 Å². The molecular weight excluding hydrogens is 169 g/mol. The molecule has 0 aliphatic carbocycles. The maximum absolute atomic E-state index is 13.2. The Morgan fingerprint density at radius 1 is 1.08 bits per heavy atom. The molecule has 13 heavy (non-hydrogen) atoms. The third-order valence-corrected chi connectivity index (χ3v) is 1.98. The molecule has 0 unspecified atom stereocenters. The molecule has 0 heterocycles. The van der Waals surface area contributed by atoms with Crippen molar-refractivity contribution in [2.24, 2.45) is 0 Å². The quantitative estimate of drug-likeness (QED) is 0.606. The summed E-state index contributed by atoms with van der Waals surface area (Å²) in [4.78, 5) is 0. The molecule has 0 aromatic heterocycles. The van der Waals surface area contributed by atoms with Crippen molar-refractivity contribution in [3.05, 3.63) is 36.1 Å². The van der Waals surface area contributed by atoms with Gasteiger partial charge in [0.15, 0.2) is 0 Å². The summed E-state index contributed by atoms with van der Waals surface area (Å²) in [6, 6.07) is 7.20. The number of aromatic hydroxyl groups is 1. The van der Waals surface area contributed by atoms with E-state index in [1.807, 2.05) is 0 Å². The third kappa shape index (κ3) is 1.18. The molecule has 0 saturated heterocycles. The Hall–Kier alpha value is -1.77. The van der Waals surface area contributed by atoms with Gasteiger partial charge in [-0.1, -0.05) is 0 Å². The predicted octanol–water partition coefficient (Wildman–Crippen LogP) is 2.27. The van der Waals surface area contributed by atoms with Crippen molar-refractivity contribution < 1.29 is 9.50 Å². The molecule has 0 fully saturated rings. The van der Waals surface area contributed by atoms with E-state index in [4.69, 9.17) is 10.8 Å². The Morgan fingerprint density at radius 2 is 1.85 bits per heavy atom. The van der Waals surface area contributed by atoms with Gasteiger partial charge in [0, 0.05) is 16.5 Å². The van der Waals surface area contributed by atoms with Gasteiger partial charge in [0.25, 0.3) is 0 Å². The molecule has 2 rings (SSSR count). The van der Waals surface area contributed by atoms with Gasteiger partial charge in [-0.05, 0) is 30.3 Å². The first kappa shape index (κ1) is 7.86. The monoisotopic (exact) mass is 177 g/mol. The number of phenolic OH excluding ortho intramolecular Hbond substituents is 1. The van der Waals surface area contributed by atoms with Crippen molar-refractivity contribution in [1.82, 2.24) is 0 Å². The molecule has 2 aromatic rings. The summed E-state index contributed by atoms with van der Waals surface area (Å²) in [5, 5.41) is 10.1. The molecule has 2 aromatic carbocycles. The first-order chi connectivity index (χ1) is 6.18. The number of hydrogen-bond acceptors (Lipinski definition) is 2. The highest BCUT2D eigenvalue weighted by atomic mass is 19.1. The van der Waals surface area contributed by atoms with Crippen LogP contribution in [-0.4, -0.2) is 5.11 Å². The van der Waals surface area contributed by atoms with E-state index in [-0.39, 0.29) is 11.6 Å². The number of rotatable bonds is 0. The number of benzene rings is 2. The van der Waals surface area contributed by atoms with Gasteiger partial charge in [0.1, 0.15) is 11.6 Å². The van der Waals surface area contributed by atoms with Gasteiger partial charge >= 0.3 is 0 Å². The van der Waals surface area contributed by atoms with Crippen molar-refractivity contribution in [2.45, 2.75) is 0 Å². The Morgan fingerprint density at radius 3 is 2.62 bits per heavy atom. The van der Waals surface area contributed by atoms with E-state index in [0.29, 0.717) is 16.5 Å². The average molecular weight is 177 g/mol. The fourth-order valence-electron chi connectivity index (χ4n) is 1.32. The molecule has 3 heteroatoms. The van der Waals surface area contributed by atoms with Gasteiger partial charge in [-0.25, -0.2) is 4.39 Å². The second-order valence-corrected chi connectivity index (χ2v) is 2.87. The van der Waals surface area contributed by atoms with E-state index in [1.165, 1.54) is 30.3 Å². The number of nitrogens with two attached hydrogens (primary N) is 1. The molecule has 0 amide bonds. The lowest BCUT2D eigenvalue weighted by molar-refractivity contribution is 0.476. The summed E-state index contributed by atoms with van der Waals surface area (Å²) in [6.45, 7) is 0. The topological polar surface area (TPSA) is 46.2 Å². The molecular formula is C10H8FNO. The fraction of sp³-hybridized carbons (Fsp3) is 0. The highest BCUT2D eigenvalue weighted by Gasteiger charge is 2.03. The Kier molecular flexibility index (Phi) is 1.59. The lowest BCUT2D eigenvalue weighted by Crippen LogP contribution is -1.88. The first-order valence-corrected chi connectivity index (χ1v) is 3.85. The van der Waals surface area contributed by atoms with E-state index in [2.05, 4.69) is 0 Å². The summed E-state index contributed by atoms with van der Waals surface area (Å²) < 4.78 is 13.2. The van der Waals surface area contributed by atoms with Crippen LogP contribution in [0.25, 0.3) is 10.8 Å². The third-order valence-electron chi connectivity index (χ3n) is 1.98. The smallest absolute Gasteiger partial charge is 0.131 e. The minimum atomic E-state index is -0.329. The molecule has 66 valence electrons. The minimum Gasteiger partial charge on any atom is -0.508 e. The van der Waals surface area contributed by atoms with Crippen LogP contribution in [0.15, 0.2) is 30.3 Å². The van der Waals surface area contributed by atoms with E-state index in [1.54, 1.807) is 0 Å². The summed E-state index contributed by atoms with van der Waals surface area (Å²) >= 11 is 0. The zero-order valence-electron chi connectivity index (χ0n) is 6.79. The van der Waals surface area contributed by atoms with Gasteiger partial charge in [-0.3, -0.25) is 0 Å². The number of fused-ring (bicyclic) bond motifs is 1. The molecule has 0 spiro atoms. The first-order valence-electron chi connectivity index (χ1n) is 3.85. The van der Waals surface area contributed by atoms with Crippen LogP contribution in [0.1, 0.15) is 0 Å². The zero-order chi connectivity index (χ0) is 9.42. The average Bonchev–Trinajstić information content (AvgIpc) is 2.12. The Bertz CT molecular complexity index is 468. The molecule has 3 N–H and O–H groups in total. The van der Waals surface area contributed by atoms with E-state index < -0.39 is 0 Å². The predicted molar refractivity (Wildman–Crippen MR) is 50.0 cm³/mol. The molecule has 0 saturated carbocycles. The Balaban J connectivity index is 2.92. The molecule has 0 aliphatic heterocycles. The van der Waals surface area contributed by atoms with E-state index in [9.17, 15) is 4.39 Å². The molecule has 0 atom stereocenters. The molecule has 0 aliphatic rings. The normalized spacial score (nSPS) is 10.5. The molecule has 0 bridgehead atoms. The van der Waals surface area contributed by atoms with Gasteiger partial charge < -0.3 is 10.8 Å². The van der Waals surface area contributed by atoms with Crippen LogP contribution in [0.5, 0.6) is 5.75 Å². The SMILES string of the molecule is Nc1ccc(F)c2ccc(O)cc12. The van der Waals surface area contributed by atoms with E-state index >= 15 is 0 Å². The summed E-state index contributed by atoms with van der Waals surface area (Å²) in [7, 11) is 0. The van der Waals surface area contributed by atoms with Crippen molar-refractivity contribution in [2.75, 3.05) is 5.73 Å². The van der Waals surface area contributed by atoms with Crippen LogP contribution in [0.3, 0.4) is 0 Å². The fourth-order valence-corrected chi connectivity index (χ4v) is 1.32. The second-order valence-electron chi connectivity index (χ2n) is 2.87. The number of hydrogen-bond donors (Lipinski definition) is 2. The number of phenols is 1. The second kappa shape index (κ2) is 2.62. The number of halogens is 1. The largest absolute Gasteiger partial charge is 0.508 e. The van der Waals surface area contributed by atoms with Crippen LogP contribution in [0, 0.1) is 5.82 Å². The summed E-state index contributed by atoms with van der Waals surface area (Å²) in [6.07, 6.45) is 0. The van der Waals surface area contributed by atoms with Crippen molar-refractivity contribution in [1.29, 1.82) is 0 Å². The maximum Gasteiger partial charge on any atom is 0.131 e. The van der Waals surface area contributed by atoms with Crippen molar-refractivity contribution >= 4 is 16.5 Å². The lowest BCUT2D eigenvalue weighted by Gasteiger charge is -2.03. The number of nitrogen functional groups attached to an aromatic ring is 1. The minimum absolute atomic E-state index is 0.0878. The van der Waals surface area contributed by atoms with Crippen molar-refractivity contribution in [3.8, 4) is 5.75 Å². The standard InChI is InChI=1S/C10H8FNO/c11-9-3-4-10(12)8-5-6(13)1-2-7(8)9/h1-5,13H,12H2.